The first-order valence-corrected chi connectivity index (χ1v) is 10.4. The van der Waals surface area contributed by atoms with Crippen LogP contribution in [-0.4, -0.2) is 30.1 Å². The molecule has 0 aliphatic heterocycles. The molecule has 2 rings (SSSR count). The van der Waals surface area contributed by atoms with Gasteiger partial charge >= 0.3 is 0 Å². The van der Waals surface area contributed by atoms with Crippen LogP contribution in [0.1, 0.15) is 38.8 Å². The highest BCUT2D eigenvalue weighted by Crippen LogP contribution is 2.24. The number of hydrazine groups is 1. The summed E-state index contributed by atoms with van der Waals surface area (Å²) < 4.78 is 10.9. The molecule has 0 aliphatic carbocycles. The van der Waals surface area contributed by atoms with Crippen LogP contribution in [0.3, 0.4) is 0 Å². The summed E-state index contributed by atoms with van der Waals surface area (Å²) in [5, 5.41) is 2.38. The van der Waals surface area contributed by atoms with Gasteiger partial charge in [-0.3, -0.25) is 25.8 Å². The summed E-state index contributed by atoms with van der Waals surface area (Å²) in [5.41, 5.74) is 7.22. The molecule has 8 heteroatoms. The summed E-state index contributed by atoms with van der Waals surface area (Å²) in [5.74, 6) is 0.292. The van der Waals surface area contributed by atoms with Crippen molar-refractivity contribution in [3.8, 4) is 11.5 Å². The Kier molecular flexibility index (Phi) is 8.81. The second kappa shape index (κ2) is 11.3. The van der Waals surface area contributed by atoms with Gasteiger partial charge in [0.25, 0.3) is 11.8 Å². The number of hydrogen-bond acceptors (Lipinski definition) is 5. The van der Waals surface area contributed by atoms with E-state index in [4.69, 9.17) is 21.7 Å². The molecule has 7 nitrogen and oxygen atoms in total. The first-order valence-electron chi connectivity index (χ1n) is 10.0. The zero-order valence-electron chi connectivity index (χ0n) is 18.3. The molecule has 0 fully saturated rings. The van der Waals surface area contributed by atoms with Gasteiger partial charge in [-0.25, -0.2) is 0 Å². The van der Waals surface area contributed by atoms with Crippen LogP contribution < -0.4 is 25.6 Å². The van der Waals surface area contributed by atoms with Crippen molar-refractivity contribution in [2.24, 2.45) is 0 Å². The van der Waals surface area contributed by atoms with E-state index in [9.17, 15) is 9.59 Å². The van der Waals surface area contributed by atoms with Crippen LogP contribution in [0.25, 0.3) is 0 Å². The number of thiocarbonyl (C=S) groups is 1. The fraction of sp³-hybridized carbons (Fsp3) is 0.348. The van der Waals surface area contributed by atoms with Crippen LogP contribution in [0.2, 0.25) is 0 Å². The maximum atomic E-state index is 12.0. The molecular weight excluding hydrogens is 414 g/mol. The first-order chi connectivity index (χ1) is 14.7. The quantitative estimate of drug-likeness (QED) is 0.450. The van der Waals surface area contributed by atoms with Crippen molar-refractivity contribution in [3.05, 3.63) is 59.7 Å². The smallest absolute Gasteiger partial charge is 0.276 e. The van der Waals surface area contributed by atoms with Gasteiger partial charge in [-0.05, 0) is 59.4 Å². The number of ether oxygens (including phenoxy) is 2. The number of carbonyl (C=O) groups excluding carboxylic acids is 2. The predicted octanol–water partition coefficient (Wildman–Crippen LogP) is 3.03. The maximum Gasteiger partial charge on any atom is 0.276 e. The lowest BCUT2D eigenvalue weighted by Gasteiger charge is -2.19. The third-order valence-electron chi connectivity index (χ3n) is 4.36. The van der Waals surface area contributed by atoms with Crippen LogP contribution >= 0.6 is 12.2 Å². The van der Waals surface area contributed by atoms with E-state index < -0.39 is 11.8 Å². The molecular formula is C23H29N3O4S. The monoisotopic (exact) mass is 443 g/mol. The zero-order chi connectivity index (χ0) is 22.9. The van der Waals surface area contributed by atoms with Crippen molar-refractivity contribution in [1.29, 1.82) is 0 Å². The Morgan fingerprint density at radius 1 is 0.839 bits per heavy atom. The van der Waals surface area contributed by atoms with E-state index in [1.54, 1.807) is 12.1 Å². The minimum absolute atomic E-state index is 0.0441. The number of carbonyl (C=O) groups is 2. The minimum Gasteiger partial charge on any atom is -0.484 e. The lowest BCUT2D eigenvalue weighted by Crippen LogP contribution is -2.50. The molecule has 2 aromatic rings. The molecule has 0 radical (unpaired) electrons. The second-order valence-corrected chi connectivity index (χ2v) is 8.31. The SMILES string of the molecule is CCc1ccc(OCC(=O)NNC(=S)NC(=O)COc2ccc(C(C)(C)C)cc2)cc1. The Morgan fingerprint density at radius 2 is 1.35 bits per heavy atom. The van der Waals surface area contributed by atoms with E-state index in [-0.39, 0.29) is 23.7 Å². The molecule has 0 unspecified atom stereocenters. The zero-order valence-corrected chi connectivity index (χ0v) is 19.1. The van der Waals surface area contributed by atoms with Crippen LogP contribution in [0.5, 0.6) is 11.5 Å². The predicted molar refractivity (Wildman–Crippen MR) is 124 cm³/mol. The van der Waals surface area contributed by atoms with E-state index in [0.29, 0.717) is 11.5 Å². The Morgan fingerprint density at radius 3 is 1.87 bits per heavy atom. The van der Waals surface area contributed by atoms with Crippen LogP contribution in [0.4, 0.5) is 0 Å². The summed E-state index contributed by atoms with van der Waals surface area (Å²) in [6, 6.07) is 15.1. The van der Waals surface area contributed by atoms with Gasteiger partial charge in [-0.1, -0.05) is 52.0 Å². The molecule has 0 bridgehead atoms. The van der Waals surface area contributed by atoms with Gasteiger partial charge in [-0.2, -0.15) is 0 Å². The minimum atomic E-state index is -0.445. The lowest BCUT2D eigenvalue weighted by molar-refractivity contribution is -0.124. The summed E-state index contributed by atoms with van der Waals surface area (Å²) >= 11 is 4.99. The van der Waals surface area contributed by atoms with E-state index in [1.165, 1.54) is 11.1 Å². The highest BCUT2D eigenvalue weighted by atomic mass is 32.1. The lowest BCUT2D eigenvalue weighted by atomic mass is 9.87. The van der Waals surface area contributed by atoms with Crippen molar-refractivity contribution in [3.63, 3.8) is 0 Å². The molecule has 0 aromatic heterocycles. The third kappa shape index (κ3) is 8.64. The average Bonchev–Trinajstić information content (AvgIpc) is 2.75. The molecule has 0 saturated carbocycles. The van der Waals surface area contributed by atoms with Gasteiger partial charge in [0.2, 0.25) is 0 Å². The van der Waals surface area contributed by atoms with E-state index in [1.807, 2.05) is 36.4 Å². The first kappa shape index (κ1) is 24.1. The normalized spacial score (nSPS) is 10.7. The van der Waals surface area contributed by atoms with E-state index in [2.05, 4.69) is 43.9 Å². The van der Waals surface area contributed by atoms with Crippen molar-refractivity contribution in [1.82, 2.24) is 16.2 Å². The van der Waals surface area contributed by atoms with Gasteiger partial charge in [-0.15, -0.1) is 0 Å². The van der Waals surface area contributed by atoms with Gasteiger partial charge in [0.15, 0.2) is 18.3 Å². The second-order valence-electron chi connectivity index (χ2n) is 7.90. The fourth-order valence-electron chi connectivity index (χ4n) is 2.53. The number of amides is 2. The molecule has 0 spiro atoms. The van der Waals surface area contributed by atoms with Gasteiger partial charge in [0.1, 0.15) is 11.5 Å². The highest BCUT2D eigenvalue weighted by Gasteiger charge is 2.13. The maximum absolute atomic E-state index is 12.0. The summed E-state index contributed by atoms with van der Waals surface area (Å²) in [6.45, 7) is 8.04. The van der Waals surface area contributed by atoms with Crippen molar-refractivity contribution in [2.45, 2.75) is 39.5 Å². The third-order valence-corrected chi connectivity index (χ3v) is 4.56. The van der Waals surface area contributed by atoms with E-state index in [0.717, 1.165) is 6.42 Å². The summed E-state index contributed by atoms with van der Waals surface area (Å²) in [4.78, 5) is 23.8. The molecule has 0 aliphatic rings. The summed E-state index contributed by atoms with van der Waals surface area (Å²) in [7, 11) is 0. The topological polar surface area (TPSA) is 88.7 Å². The Balaban J connectivity index is 1.65. The molecule has 166 valence electrons. The molecule has 3 N–H and O–H groups in total. The standard InChI is InChI=1S/C23H29N3O4S/c1-5-16-6-10-18(11-7-16)30-15-21(28)25-26-22(31)24-20(27)14-29-19-12-8-17(9-13-19)23(2,3)4/h6-13H,5,14-15H2,1-4H3,(H,25,28)(H2,24,26,27,31). The molecule has 0 atom stereocenters. The number of hydrogen-bond donors (Lipinski definition) is 3. The van der Waals surface area contributed by atoms with Gasteiger partial charge in [0, 0.05) is 0 Å². The van der Waals surface area contributed by atoms with Gasteiger partial charge < -0.3 is 9.47 Å². The number of benzene rings is 2. The molecule has 2 amide bonds. The van der Waals surface area contributed by atoms with Crippen molar-refractivity contribution in [2.75, 3.05) is 13.2 Å². The number of nitrogens with one attached hydrogen (secondary N) is 3. The van der Waals surface area contributed by atoms with Crippen LogP contribution in [-0.2, 0) is 21.4 Å². The average molecular weight is 444 g/mol. The van der Waals surface area contributed by atoms with Crippen molar-refractivity contribution >= 4 is 29.1 Å². The van der Waals surface area contributed by atoms with Gasteiger partial charge in [0.05, 0.1) is 0 Å². The molecule has 31 heavy (non-hydrogen) atoms. The van der Waals surface area contributed by atoms with Crippen LogP contribution in [0, 0.1) is 0 Å². The highest BCUT2D eigenvalue weighted by molar-refractivity contribution is 7.80. The molecule has 0 heterocycles. The molecule has 0 saturated heterocycles. The number of aryl methyl sites for hydroxylation is 1. The van der Waals surface area contributed by atoms with Crippen LogP contribution in [0.15, 0.2) is 48.5 Å². The van der Waals surface area contributed by atoms with Crippen molar-refractivity contribution < 1.29 is 19.1 Å². The Labute approximate surface area is 188 Å². The number of rotatable bonds is 7. The summed E-state index contributed by atoms with van der Waals surface area (Å²) in [6.07, 6.45) is 0.933. The molecule has 2 aromatic carbocycles. The van der Waals surface area contributed by atoms with E-state index >= 15 is 0 Å². The Bertz CT molecular complexity index is 891. The fourth-order valence-corrected chi connectivity index (χ4v) is 2.69. The largest absolute Gasteiger partial charge is 0.484 e. The Hall–Kier alpha value is -3.13.